The molecule has 0 bridgehead atoms. The van der Waals surface area contributed by atoms with Crippen LogP contribution < -0.4 is 11.1 Å². The maximum atomic E-state index is 12.5. The Bertz CT molecular complexity index is 408. The largest absolute Gasteiger partial charge is 0.467 e. The molecule has 122 valence electrons. The van der Waals surface area contributed by atoms with Crippen LogP contribution in [0, 0.1) is 11.3 Å². The van der Waals surface area contributed by atoms with Crippen LogP contribution in [0.25, 0.3) is 0 Å². The van der Waals surface area contributed by atoms with E-state index in [1.54, 1.807) is 0 Å². The van der Waals surface area contributed by atoms with E-state index in [-0.39, 0.29) is 17.9 Å². The minimum absolute atomic E-state index is 0.0473. The summed E-state index contributed by atoms with van der Waals surface area (Å²) in [4.78, 5) is 24.3. The highest BCUT2D eigenvalue weighted by atomic mass is 16.5. The Morgan fingerprint density at radius 2 is 1.95 bits per heavy atom. The fourth-order valence-electron chi connectivity index (χ4n) is 2.72. The molecule has 0 aliphatic heterocycles. The van der Waals surface area contributed by atoms with Gasteiger partial charge in [-0.05, 0) is 12.8 Å². The van der Waals surface area contributed by atoms with Crippen LogP contribution in [0.5, 0.6) is 0 Å². The Morgan fingerprint density at radius 3 is 2.33 bits per heavy atom. The molecule has 0 saturated heterocycles. The Morgan fingerprint density at radius 1 is 1.38 bits per heavy atom. The van der Waals surface area contributed by atoms with Crippen molar-refractivity contribution in [2.24, 2.45) is 17.1 Å². The second kappa shape index (κ2) is 6.32. The normalized spacial score (nSPS) is 28.7. The summed E-state index contributed by atoms with van der Waals surface area (Å²) in [5, 5.41) is 2.73. The third-order valence-corrected chi connectivity index (χ3v) is 4.64. The summed E-state index contributed by atoms with van der Waals surface area (Å²) >= 11 is 0. The number of carbonyl (C=O) groups is 2. The van der Waals surface area contributed by atoms with Crippen molar-refractivity contribution in [2.45, 2.75) is 58.7 Å². The number of methoxy groups -OCH3 is 1. The van der Waals surface area contributed by atoms with Crippen molar-refractivity contribution < 1.29 is 19.1 Å². The Labute approximate surface area is 126 Å². The van der Waals surface area contributed by atoms with E-state index < -0.39 is 23.0 Å². The highest BCUT2D eigenvalue weighted by Crippen LogP contribution is 2.49. The van der Waals surface area contributed by atoms with Crippen molar-refractivity contribution >= 4 is 11.9 Å². The topological polar surface area (TPSA) is 90.6 Å². The molecule has 3 unspecified atom stereocenters. The molecule has 0 aromatic heterocycles. The van der Waals surface area contributed by atoms with Gasteiger partial charge in [0.05, 0.1) is 13.2 Å². The van der Waals surface area contributed by atoms with Crippen molar-refractivity contribution in [3.63, 3.8) is 0 Å². The Kier molecular flexibility index (Phi) is 5.39. The molecule has 0 radical (unpaired) electrons. The van der Waals surface area contributed by atoms with Crippen molar-refractivity contribution in [2.75, 3.05) is 13.7 Å². The average Bonchev–Trinajstić information content (AvgIpc) is 2.42. The number of hydrogen-bond donors (Lipinski definition) is 2. The zero-order valence-corrected chi connectivity index (χ0v) is 13.9. The van der Waals surface area contributed by atoms with Gasteiger partial charge < -0.3 is 20.5 Å². The summed E-state index contributed by atoms with van der Waals surface area (Å²) in [6.45, 7) is 10.0. The highest BCUT2D eigenvalue weighted by molar-refractivity contribution is 5.92. The van der Waals surface area contributed by atoms with Crippen molar-refractivity contribution in [1.29, 1.82) is 0 Å². The van der Waals surface area contributed by atoms with Crippen molar-refractivity contribution in [3.05, 3.63) is 0 Å². The van der Waals surface area contributed by atoms with Crippen LogP contribution in [0.15, 0.2) is 0 Å². The molecule has 3 N–H and O–H groups in total. The number of ether oxygens (including phenoxy) is 2. The standard InChI is InChI=1S/C15H28N2O4/c1-7-21-10-8-15(16,14(10,4)5)13(19)17-11(9(2)3)12(18)20-6/h9-11H,7-8,16H2,1-6H3,(H,17,19). The number of nitrogens with two attached hydrogens (primary N) is 1. The average molecular weight is 300 g/mol. The lowest BCUT2D eigenvalue weighted by atomic mass is 9.54. The van der Waals surface area contributed by atoms with E-state index in [1.165, 1.54) is 7.11 Å². The van der Waals surface area contributed by atoms with E-state index in [1.807, 2.05) is 34.6 Å². The molecule has 0 spiro atoms. The summed E-state index contributed by atoms with van der Waals surface area (Å²) in [7, 11) is 1.31. The van der Waals surface area contributed by atoms with E-state index in [0.29, 0.717) is 13.0 Å². The lowest BCUT2D eigenvalue weighted by molar-refractivity contribution is -0.172. The summed E-state index contributed by atoms with van der Waals surface area (Å²) in [6.07, 6.45) is 0.403. The summed E-state index contributed by atoms with van der Waals surface area (Å²) in [5.74, 6) is -0.858. The smallest absolute Gasteiger partial charge is 0.328 e. The highest BCUT2D eigenvalue weighted by Gasteiger charge is 2.63. The molecular formula is C15H28N2O4. The first-order valence-electron chi connectivity index (χ1n) is 7.41. The van der Waals surface area contributed by atoms with E-state index in [4.69, 9.17) is 15.2 Å². The number of esters is 1. The number of amides is 1. The quantitative estimate of drug-likeness (QED) is 0.709. The lowest BCUT2D eigenvalue weighted by Crippen LogP contribution is -2.76. The van der Waals surface area contributed by atoms with Gasteiger partial charge in [0.1, 0.15) is 11.6 Å². The van der Waals surface area contributed by atoms with E-state index in [0.717, 1.165) is 0 Å². The number of hydrogen-bond acceptors (Lipinski definition) is 5. The molecule has 3 atom stereocenters. The molecule has 6 heteroatoms. The maximum Gasteiger partial charge on any atom is 0.328 e. The van der Waals surface area contributed by atoms with Crippen LogP contribution in [-0.4, -0.2) is 43.3 Å². The molecule has 0 aromatic rings. The van der Waals surface area contributed by atoms with Gasteiger partial charge in [0, 0.05) is 18.4 Å². The SMILES string of the molecule is CCOC1CC(N)(C(=O)NC(C(=O)OC)C(C)C)C1(C)C. The monoisotopic (exact) mass is 300 g/mol. The minimum Gasteiger partial charge on any atom is -0.467 e. The third kappa shape index (κ3) is 3.06. The first-order valence-corrected chi connectivity index (χ1v) is 7.41. The van der Waals surface area contributed by atoms with Gasteiger partial charge in [-0.15, -0.1) is 0 Å². The Balaban J connectivity index is 2.82. The molecular weight excluding hydrogens is 272 g/mol. The molecule has 1 aliphatic carbocycles. The first kappa shape index (κ1) is 17.9. The second-order valence-electron chi connectivity index (χ2n) is 6.56. The number of nitrogens with one attached hydrogen (secondary N) is 1. The zero-order valence-electron chi connectivity index (χ0n) is 13.9. The van der Waals surface area contributed by atoms with Crippen molar-refractivity contribution in [3.8, 4) is 0 Å². The fraction of sp³-hybridized carbons (Fsp3) is 0.867. The van der Waals surface area contributed by atoms with Crippen LogP contribution in [-0.2, 0) is 19.1 Å². The summed E-state index contributed by atoms with van der Waals surface area (Å²) < 4.78 is 10.3. The molecule has 0 heterocycles. The van der Waals surface area contributed by atoms with Gasteiger partial charge in [-0.3, -0.25) is 4.79 Å². The number of rotatable bonds is 6. The third-order valence-electron chi connectivity index (χ3n) is 4.64. The Hall–Kier alpha value is -1.14. The molecule has 1 aliphatic rings. The van der Waals surface area contributed by atoms with E-state index in [9.17, 15) is 9.59 Å². The molecule has 1 amide bonds. The fourth-order valence-corrected chi connectivity index (χ4v) is 2.72. The first-order chi connectivity index (χ1) is 9.61. The maximum absolute atomic E-state index is 12.5. The van der Waals surface area contributed by atoms with Gasteiger partial charge >= 0.3 is 5.97 Å². The zero-order chi connectivity index (χ0) is 16.4. The van der Waals surface area contributed by atoms with Gasteiger partial charge in [-0.25, -0.2) is 4.79 Å². The second-order valence-corrected chi connectivity index (χ2v) is 6.56. The molecule has 0 aromatic carbocycles. The van der Waals surface area contributed by atoms with Crippen LogP contribution in [0.4, 0.5) is 0 Å². The minimum atomic E-state index is -1.03. The van der Waals surface area contributed by atoms with Gasteiger partial charge in [-0.1, -0.05) is 27.7 Å². The molecule has 1 rings (SSSR count). The lowest BCUT2D eigenvalue weighted by Gasteiger charge is -2.57. The van der Waals surface area contributed by atoms with E-state index >= 15 is 0 Å². The molecule has 6 nitrogen and oxygen atoms in total. The van der Waals surface area contributed by atoms with Gasteiger partial charge in [0.25, 0.3) is 0 Å². The summed E-state index contributed by atoms with van der Waals surface area (Å²) in [6, 6.07) is -0.690. The van der Waals surface area contributed by atoms with Gasteiger partial charge in [0.15, 0.2) is 0 Å². The predicted molar refractivity (Wildman–Crippen MR) is 79.5 cm³/mol. The predicted octanol–water partition coefficient (Wildman–Crippen LogP) is 0.833. The van der Waals surface area contributed by atoms with Crippen LogP contribution in [0.2, 0.25) is 0 Å². The number of carbonyl (C=O) groups excluding carboxylic acids is 2. The molecule has 1 fully saturated rings. The van der Waals surface area contributed by atoms with Crippen LogP contribution in [0.3, 0.4) is 0 Å². The molecule has 1 saturated carbocycles. The van der Waals surface area contributed by atoms with Gasteiger partial charge in [0.2, 0.25) is 5.91 Å². The van der Waals surface area contributed by atoms with Crippen molar-refractivity contribution in [1.82, 2.24) is 5.32 Å². The summed E-state index contributed by atoms with van der Waals surface area (Å²) in [5.41, 5.74) is 4.78. The van der Waals surface area contributed by atoms with Gasteiger partial charge in [-0.2, -0.15) is 0 Å². The van der Waals surface area contributed by atoms with E-state index in [2.05, 4.69) is 5.32 Å². The molecule has 21 heavy (non-hydrogen) atoms. The van der Waals surface area contributed by atoms with Crippen LogP contribution >= 0.6 is 0 Å². The van der Waals surface area contributed by atoms with Crippen LogP contribution in [0.1, 0.15) is 41.0 Å².